The van der Waals surface area contributed by atoms with Gasteiger partial charge >= 0.3 is 6.03 Å². The van der Waals surface area contributed by atoms with Gasteiger partial charge in [0.2, 0.25) is 5.75 Å². The Labute approximate surface area is 109 Å². The summed E-state index contributed by atoms with van der Waals surface area (Å²) in [7, 11) is 4.45. The summed E-state index contributed by atoms with van der Waals surface area (Å²) in [6.45, 7) is 0. The molecule has 3 amide bonds. The lowest BCUT2D eigenvalue weighted by Crippen LogP contribution is -2.22. The van der Waals surface area contributed by atoms with Crippen molar-refractivity contribution in [3.8, 4) is 17.2 Å². The van der Waals surface area contributed by atoms with Crippen molar-refractivity contribution in [3.63, 3.8) is 0 Å². The molecule has 7 heteroatoms. The summed E-state index contributed by atoms with van der Waals surface area (Å²) in [6.07, 6.45) is 0. The zero-order valence-electron chi connectivity index (χ0n) is 10.8. The van der Waals surface area contributed by atoms with E-state index in [0.29, 0.717) is 22.8 Å². The van der Waals surface area contributed by atoms with Crippen molar-refractivity contribution in [2.75, 3.05) is 21.3 Å². The maximum Gasteiger partial charge on any atom is 0.322 e. The third kappa shape index (κ3) is 2.26. The van der Waals surface area contributed by atoms with Crippen LogP contribution in [0.25, 0.3) is 0 Å². The first-order chi connectivity index (χ1) is 9.10. The first-order valence-electron chi connectivity index (χ1n) is 5.52. The van der Waals surface area contributed by atoms with E-state index in [-0.39, 0.29) is 0 Å². The smallest absolute Gasteiger partial charge is 0.322 e. The maximum atomic E-state index is 11.6. The molecule has 0 aromatic heterocycles. The first kappa shape index (κ1) is 13.0. The molecule has 0 saturated carbocycles. The van der Waals surface area contributed by atoms with Gasteiger partial charge in [0, 0.05) is 0 Å². The molecule has 2 N–H and O–H groups in total. The lowest BCUT2D eigenvalue weighted by Gasteiger charge is -2.16. The molecule has 1 fully saturated rings. The predicted octanol–water partition coefficient (Wildman–Crippen LogP) is 0.593. The van der Waals surface area contributed by atoms with E-state index in [1.165, 1.54) is 21.3 Å². The Morgan fingerprint density at radius 1 is 1.00 bits per heavy atom. The molecule has 1 atom stereocenters. The molecule has 1 unspecified atom stereocenters. The molecule has 7 nitrogen and oxygen atoms in total. The number of nitrogens with one attached hydrogen (secondary N) is 2. The van der Waals surface area contributed by atoms with E-state index >= 15 is 0 Å². The molecule has 1 aromatic carbocycles. The Bertz CT molecular complexity index is 504. The van der Waals surface area contributed by atoms with Crippen LogP contribution >= 0.6 is 0 Å². The van der Waals surface area contributed by atoms with Gasteiger partial charge in [-0.05, 0) is 17.7 Å². The van der Waals surface area contributed by atoms with E-state index in [1.807, 2.05) is 0 Å². The fourth-order valence-corrected chi connectivity index (χ4v) is 1.92. The molecule has 0 aliphatic carbocycles. The first-order valence-corrected chi connectivity index (χ1v) is 5.52. The lowest BCUT2D eigenvalue weighted by atomic mass is 10.1. The van der Waals surface area contributed by atoms with Gasteiger partial charge in [0.15, 0.2) is 11.5 Å². The fourth-order valence-electron chi connectivity index (χ4n) is 1.92. The quantitative estimate of drug-likeness (QED) is 0.779. The summed E-state index contributed by atoms with van der Waals surface area (Å²) in [6, 6.07) is 1.96. The van der Waals surface area contributed by atoms with Crippen LogP contribution in [0.2, 0.25) is 0 Å². The number of ether oxygens (including phenoxy) is 3. The van der Waals surface area contributed by atoms with Crippen LogP contribution in [0.4, 0.5) is 4.79 Å². The van der Waals surface area contributed by atoms with E-state index in [4.69, 9.17) is 14.2 Å². The molecule has 1 aliphatic rings. The molecule has 1 aromatic rings. The minimum atomic E-state index is -0.763. The number of benzene rings is 1. The highest BCUT2D eigenvalue weighted by atomic mass is 16.5. The van der Waals surface area contributed by atoms with Crippen molar-refractivity contribution in [2.24, 2.45) is 0 Å². The van der Waals surface area contributed by atoms with Crippen LogP contribution in [-0.4, -0.2) is 33.3 Å². The molecule has 1 heterocycles. The normalized spacial score (nSPS) is 17.7. The van der Waals surface area contributed by atoms with Crippen molar-refractivity contribution in [1.29, 1.82) is 0 Å². The largest absolute Gasteiger partial charge is 0.493 e. The topological polar surface area (TPSA) is 85.9 Å². The molecule has 0 radical (unpaired) electrons. The third-order valence-electron chi connectivity index (χ3n) is 2.79. The van der Waals surface area contributed by atoms with Gasteiger partial charge in [0.25, 0.3) is 5.91 Å². The summed E-state index contributed by atoms with van der Waals surface area (Å²) >= 11 is 0. The zero-order valence-corrected chi connectivity index (χ0v) is 10.8. The predicted molar refractivity (Wildman–Crippen MR) is 65.5 cm³/mol. The number of urea groups is 1. The van der Waals surface area contributed by atoms with Gasteiger partial charge in [-0.25, -0.2) is 4.79 Å². The van der Waals surface area contributed by atoms with Crippen molar-refractivity contribution in [3.05, 3.63) is 17.7 Å². The van der Waals surface area contributed by atoms with Gasteiger partial charge in [-0.3, -0.25) is 10.1 Å². The number of carbonyl (C=O) groups is 2. The summed E-state index contributed by atoms with van der Waals surface area (Å²) in [5, 5.41) is 4.68. The van der Waals surface area contributed by atoms with Crippen LogP contribution in [0.1, 0.15) is 11.6 Å². The minimum Gasteiger partial charge on any atom is -0.493 e. The van der Waals surface area contributed by atoms with E-state index in [9.17, 15) is 9.59 Å². The van der Waals surface area contributed by atoms with Gasteiger partial charge in [-0.2, -0.15) is 0 Å². The van der Waals surface area contributed by atoms with Crippen LogP contribution in [0.5, 0.6) is 17.2 Å². The van der Waals surface area contributed by atoms with Gasteiger partial charge in [0.05, 0.1) is 21.3 Å². The molecular weight excluding hydrogens is 252 g/mol. The summed E-state index contributed by atoms with van der Waals surface area (Å²) in [4.78, 5) is 22.8. The maximum absolute atomic E-state index is 11.6. The molecule has 102 valence electrons. The van der Waals surface area contributed by atoms with Crippen molar-refractivity contribution < 1.29 is 23.8 Å². The highest BCUT2D eigenvalue weighted by Gasteiger charge is 2.32. The Balaban J connectivity index is 2.47. The van der Waals surface area contributed by atoms with Crippen LogP contribution < -0.4 is 24.8 Å². The van der Waals surface area contributed by atoms with Gasteiger partial charge in [-0.1, -0.05) is 0 Å². The van der Waals surface area contributed by atoms with E-state index in [1.54, 1.807) is 12.1 Å². The second-order valence-corrected chi connectivity index (χ2v) is 3.85. The SMILES string of the molecule is COc1cc(C2NC(=O)NC2=O)cc(OC)c1OC. The van der Waals surface area contributed by atoms with E-state index in [0.717, 1.165) is 0 Å². The molecular formula is C12H14N2O5. The number of hydrogen-bond donors (Lipinski definition) is 2. The van der Waals surface area contributed by atoms with Gasteiger partial charge in [-0.15, -0.1) is 0 Å². The highest BCUT2D eigenvalue weighted by molar-refractivity contribution is 6.04. The summed E-state index contributed by atoms with van der Waals surface area (Å²) < 4.78 is 15.6. The molecule has 1 saturated heterocycles. The molecule has 1 aliphatic heterocycles. The van der Waals surface area contributed by atoms with Gasteiger partial charge < -0.3 is 19.5 Å². The summed E-state index contributed by atoms with van der Waals surface area (Å²) in [5.74, 6) is 0.856. The van der Waals surface area contributed by atoms with Crippen molar-refractivity contribution >= 4 is 11.9 Å². The molecule has 19 heavy (non-hydrogen) atoms. The number of methoxy groups -OCH3 is 3. The van der Waals surface area contributed by atoms with Gasteiger partial charge in [0.1, 0.15) is 6.04 Å². The zero-order chi connectivity index (χ0) is 14.0. The molecule has 2 rings (SSSR count). The van der Waals surface area contributed by atoms with Crippen LogP contribution in [0.3, 0.4) is 0 Å². The number of carbonyl (C=O) groups excluding carboxylic acids is 2. The fraction of sp³-hybridized carbons (Fsp3) is 0.333. The second-order valence-electron chi connectivity index (χ2n) is 3.85. The van der Waals surface area contributed by atoms with Crippen LogP contribution in [-0.2, 0) is 4.79 Å². The van der Waals surface area contributed by atoms with E-state index in [2.05, 4.69) is 10.6 Å². The number of amides is 3. The molecule has 0 spiro atoms. The molecule has 0 bridgehead atoms. The Morgan fingerprint density at radius 2 is 1.58 bits per heavy atom. The Hall–Kier alpha value is -2.44. The Morgan fingerprint density at radius 3 is 1.95 bits per heavy atom. The number of hydrogen-bond acceptors (Lipinski definition) is 5. The average molecular weight is 266 g/mol. The average Bonchev–Trinajstić information content (AvgIpc) is 2.75. The van der Waals surface area contributed by atoms with Crippen LogP contribution in [0.15, 0.2) is 12.1 Å². The lowest BCUT2D eigenvalue weighted by molar-refractivity contribution is -0.120. The Kier molecular flexibility index (Phi) is 3.46. The summed E-state index contributed by atoms with van der Waals surface area (Å²) in [5.41, 5.74) is 0.554. The van der Waals surface area contributed by atoms with Crippen molar-refractivity contribution in [2.45, 2.75) is 6.04 Å². The highest BCUT2D eigenvalue weighted by Crippen LogP contribution is 2.39. The van der Waals surface area contributed by atoms with E-state index < -0.39 is 18.0 Å². The van der Waals surface area contributed by atoms with Crippen molar-refractivity contribution in [1.82, 2.24) is 10.6 Å². The van der Waals surface area contributed by atoms with Crippen LogP contribution in [0, 0.1) is 0 Å². The number of rotatable bonds is 4. The number of imide groups is 1. The second kappa shape index (κ2) is 5.05. The minimum absolute atomic E-state index is 0.417. The standard InChI is InChI=1S/C12H14N2O5/c1-17-7-4-6(5-8(18-2)10(7)19-3)9-11(15)14-12(16)13-9/h4-5,9H,1-3H3,(H2,13,14,15,16). The third-order valence-corrected chi connectivity index (χ3v) is 2.79. The monoisotopic (exact) mass is 266 g/mol.